The molecule has 12 heavy (non-hydrogen) atoms. The molecule has 1 aromatic heterocycles. The van der Waals surface area contributed by atoms with Gasteiger partial charge in [-0.05, 0) is 22.0 Å². The Morgan fingerprint density at radius 1 is 1.50 bits per heavy atom. The molecule has 0 saturated heterocycles. The number of alkyl halides is 3. The maximum atomic E-state index is 12.0. The fraction of sp³-hybridized carbons (Fsp3) is 0.200. The minimum atomic E-state index is -4.64. The van der Waals surface area contributed by atoms with Gasteiger partial charge < -0.3 is 0 Å². The lowest BCUT2D eigenvalue weighted by Crippen LogP contribution is -2.22. The molecular weight excluding hydrogens is 241 g/mol. The van der Waals surface area contributed by atoms with Gasteiger partial charge in [-0.2, -0.15) is 18.3 Å². The van der Waals surface area contributed by atoms with Gasteiger partial charge in [0.2, 0.25) is 0 Å². The zero-order chi connectivity index (χ0) is 9.35. The Hall–Kier alpha value is -0.850. The van der Waals surface area contributed by atoms with E-state index in [0.717, 1.165) is 0 Å². The first-order valence-corrected chi connectivity index (χ1v) is 3.53. The van der Waals surface area contributed by atoms with Crippen molar-refractivity contribution < 1.29 is 13.2 Å². The molecule has 1 heterocycles. The number of nitrogens with one attached hydrogen (secondary N) is 1. The van der Waals surface area contributed by atoms with Gasteiger partial charge in [0.15, 0.2) is 0 Å². The molecule has 0 atom stereocenters. The third-order valence-corrected chi connectivity index (χ3v) is 1.48. The fourth-order valence-electron chi connectivity index (χ4n) is 0.592. The minimum Gasteiger partial charge on any atom is -0.267 e. The predicted octanol–water partition coefficient (Wildman–Crippen LogP) is 1.55. The zero-order valence-electron chi connectivity index (χ0n) is 5.44. The normalized spacial score (nSPS) is 11.7. The Morgan fingerprint density at radius 3 is 2.50 bits per heavy atom. The van der Waals surface area contributed by atoms with Crippen LogP contribution in [0.25, 0.3) is 0 Å². The van der Waals surface area contributed by atoms with Crippen molar-refractivity contribution >= 4 is 15.9 Å². The van der Waals surface area contributed by atoms with Crippen molar-refractivity contribution in [2.45, 2.75) is 6.18 Å². The molecule has 7 heteroatoms. The molecule has 0 aliphatic heterocycles. The van der Waals surface area contributed by atoms with Crippen LogP contribution in [0.1, 0.15) is 5.56 Å². The summed E-state index contributed by atoms with van der Waals surface area (Å²) in [7, 11) is 0. The van der Waals surface area contributed by atoms with Crippen LogP contribution >= 0.6 is 15.9 Å². The van der Waals surface area contributed by atoms with E-state index in [1.807, 2.05) is 0 Å². The van der Waals surface area contributed by atoms with Crippen LogP contribution in [0.2, 0.25) is 0 Å². The average Bonchev–Trinajstić information content (AvgIpc) is 1.92. The molecule has 66 valence electrons. The van der Waals surface area contributed by atoms with Gasteiger partial charge in [0.05, 0.1) is 0 Å². The molecule has 0 aromatic carbocycles. The second kappa shape index (κ2) is 2.89. The highest BCUT2D eigenvalue weighted by molar-refractivity contribution is 9.10. The maximum Gasteiger partial charge on any atom is 0.421 e. The summed E-state index contributed by atoms with van der Waals surface area (Å²) in [5.74, 6) is 0. The van der Waals surface area contributed by atoms with E-state index < -0.39 is 17.3 Å². The lowest BCUT2D eigenvalue weighted by Gasteiger charge is -2.03. The number of nitrogens with zero attached hydrogens (tertiary/aromatic N) is 1. The highest BCUT2D eigenvalue weighted by Gasteiger charge is 2.34. The van der Waals surface area contributed by atoms with Crippen LogP contribution < -0.4 is 5.56 Å². The van der Waals surface area contributed by atoms with Crippen LogP contribution in [0, 0.1) is 0 Å². The highest BCUT2D eigenvalue weighted by Crippen LogP contribution is 2.26. The number of aromatic amines is 1. The summed E-state index contributed by atoms with van der Waals surface area (Å²) >= 11 is 2.71. The first kappa shape index (κ1) is 9.24. The van der Waals surface area contributed by atoms with E-state index in [2.05, 4.69) is 21.0 Å². The summed E-state index contributed by atoms with van der Waals surface area (Å²) in [6.07, 6.45) is -4.64. The fourth-order valence-corrected chi connectivity index (χ4v) is 0.909. The minimum absolute atomic E-state index is 0.0607. The molecule has 0 spiro atoms. The molecular formula is C5H2BrF3N2O. The molecule has 0 unspecified atom stereocenters. The van der Waals surface area contributed by atoms with Crippen LogP contribution in [0.15, 0.2) is 15.5 Å². The molecule has 0 aliphatic carbocycles. The summed E-state index contributed by atoms with van der Waals surface area (Å²) in [5, 5.41) is 4.93. The number of hydrogen-bond acceptors (Lipinski definition) is 2. The summed E-state index contributed by atoms with van der Waals surface area (Å²) in [5.41, 5.74) is -2.50. The Labute approximate surface area is 72.7 Å². The van der Waals surface area contributed by atoms with Crippen molar-refractivity contribution in [3.8, 4) is 0 Å². The Balaban J connectivity index is 3.33. The van der Waals surface area contributed by atoms with Crippen LogP contribution in [-0.4, -0.2) is 10.2 Å². The van der Waals surface area contributed by atoms with E-state index in [9.17, 15) is 18.0 Å². The highest BCUT2D eigenvalue weighted by atomic mass is 79.9. The van der Waals surface area contributed by atoms with E-state index in [1.165, 1.54) is 0 Å². The smallest absolute Gasteiger partial charge is 0.267 e. The van der Waals surface area contributed by atoms with Crippen molar-refractivity contribution in [2.75, 3.05) is 0 Å². The van der Waals surface area contributed by atoms with Crippen molar-refractivity contribution in [2.24, 2.45) is 0 Å². The van der Waals surface area contributed by atoms with Gasteiger partial charge in [0, 0.05) is 0 Å². The molecule has 0 aliphatic rings. The molecule has 0 saturated carbocycles. The maximum absolute atomic E-state index is 12.0. The first-order chi connectivity index (χ1) is 5.41. The van der Waals surface area contributed by atoms with E-state index in [0.29, 0.717) is 6.07 Å². The van der Waals surface area contributed by atoms with Gasteiger partial charge in [0.1, 0.15) is 10.2 Å². The third-order valence-electron chi connectivity index (χ3n) is 1.08. The van der Waals surface area contributed by atoms with Gasteiger partial charge in [0.25, 0.3) is 5.56 Å². The molecule has 0 radical (unpaired) electrons. The molecule has 0 bridgehead atoms. The summed E-state index contributed by atoms with van der Waals surface area (Å²) in [4.78, 5) is 10.6. The molecule has 3 nitrogen and oxygen atoms in total. The van der Waals surface area contributed by atoms with Gasteiger partial charge in [-0.3, -0.25) is 4.79 Å². The van der Waals surface area contributed by atoms with E-state index in [1.54, 1.807) is 5.10 Å². The Bertz CT molecular complexity index is 345. The predicted molar refractivity (Wildman–Crippen MR) is 37.6 cm³/mol. The molecule has 0 amide bonds. The number of H-pyrrole nitrogens is 1. The number of hydrogen-bond donors (Lipinski definition) is 1. The van der Waals surface area contributed by atoms with E-state index in [-0.39, 0.29) is 4.60 Å². The molecule has 0 fully saturated rings. The lowest BCUT2D eigenvalue weighted by molar-refractivity contribution is -0.138. The van der Waals surface area contributed by atoms with E-state index in [4.69, 9.17) is 0 Å². The quantitative estimate of drug-likeness (QED) is 0.751. The topological polar surface area (TPSA) is 45.8 Å². The SMILES string of the molecule is O=c1[nH]nc(Br)cc1C(F)(F)F. The number of halogens is 4. The van der Waals surface area contributed by atoms with Crippen LogP contribution in [0.3, 0.4) is 0 Å². The van der Waals surface area contributed by atoms with Gasteiger partial charge in [-0.1, -0.05) is 0 Å². The largest absolute Gasteiger partial charge is 0.421 e. The molecule has 1 rings (SSSR count). The van der Waals surface area contributed by atoms with Gasteiger partial charge in [-0.15, -0.1) is 0 Å². The second-order valence-corrected chi connectivity index (χ2v) is 2.74. The number of aromatic nitrogens is 2. The third kappa shape index (κ3) is 1.84. The standard InChI is InChI=1S/C5H2BrF3N2O/c6-3-1-2(5(7,8)9)4(12)11-10-3/h1H,(H,11,12). The van der Waals surface area contributed by atoms with Crippen LogP contribution in [-0.2, 0) is 6.18 Å². The van der Waals surface area contributed by atoms with Crippen molar-refractivity contribution in [1.29, 1.82) is 0 Å². The lowest BCUT2D eigenvalue weighted by atomic mass is 10.3. The van der Waals surface area contributed by atoms with Crippen LogP contribution in [0.5, 0.6) is 0 Å². The summed E-state index contributed by atoms with van der Waals surface area (Å²) in [6.45, 7) is 0. The van der Waals surface area contributed by atoms with Gasteiger partial charge >= 0.3 is 6.18 Å². The summed E-state index contributed by atoms with van der Waals surface area (Å²) < 4.78 is 35.8. The number of rotatable bonds is 0. The van der Waals surface area contributed by atoms with Crippen LogP contribution in [0.4, 0.5) is 13.2 Å². The average molecular weight is 243 g/mol. The van der Waals surface area contributed by atoms with Crippen molar-refractivity contribution in [3.05, 3.63) is 26.6 Å². The van der Waals surface area contributed by atoms with Crippen molar-refractivity contribution in [1.82, 2.24) is 10.2 Å². The second-order valence-electron chi connectivity index (χ2n) is 1.93. The summed E-state index contributed by atoms with van der Waals surface area (Å²) in [6, 6.07) is 0.624. The Morgan fingerprint density at radius 2 is 2.08 bits per heavy atom. The van der Waals surface area contributed by atoms with Gasteiger partial charge in [-0.25, -0.2) is 5.10 Å². The first-order valence-electron chi connectivity index (χ1n) is 2.73. The zero-order valence-corrected chi connectivity index (χ0v) is 7.03. The van der Waals surface area contributed by atoms with E-state index >= 15 is 0 Å². The molecule has 1 aromatic rings. The van der Waals surface area contributed by atoms with Crippen molar-refractivity contribution in [3.63, 3.8) is 0 Å². The molecule has 1 N–H and O–H groups in total. The monoisotopic (exact) mass is 242 g/mol. The Kier molecular flexibility index (Phi) is 2.22.